The Morgan fingerprint density at radius 2 is 2.00 bits per heavy atom. The van der Waals surface area contributed by atoms with Crippen LogP contribution in [0.4, 0.5) is 4.39 Å². The van der Waals surface area contributed by atoms with E-state index in [0.29, 0.717) is 42.4 Å². The summed E-state index contributed by atoms with van der Waals surface area (Å²) in [6.45, 7) is 1.56. The minimum Gasteiger partial charge on any atom is -0.478 e. The van der Waals surface area contributed by atoms with Gasteiger partial charge in [0.2, 0.25) is 5.78 Å². The van der Waals surface area contributed by atoms with Crippen LogP contribution in [0.3, 0.4) is 0 Å². The first kappa shape index (κ1) is 16.8. The van der Waals surface area contributed by atoms with E-state index in [0.717, 1.165) is 11.3 Å². The van der Waals surface area contributed by atoms with Crippen LogP contribution in [-0.4, -0.2) is 17.4 Å². The molecule has 0 spiro atoms. The maximum Gasteiger partial charge on any atom is 0.231 e. The van der Waals surface area contributed by atoms with Gasteiger partial charge in [0.05, 0.1) is 23.9 Å². The summed E-state index contributed by atoms with van der Waals surface area (Å²) >= 11 is 0. The molecule has 2 aliphatic rings. The van der Waals surface area contributed by atoms with Crippen LogP contribution >= 0.6 is 0 Å². The summed E-state index contributed by atoms with van der Waals surface area (Å²) in [5.41, 5.74) is 1.58. The standard InChI is InChI=1S/C22H16FNO4/c23-18-6-2-1-4-14(18)10-20-21(25)16-7-8-19-17(22(16)28-20)12-24(13-27-19)11-15-5-3-9-26-15/h1-10H,11-13H2. The second-order valence-corrected chi connectivity index (χ2v) is 6.72. The lowest BCUT2D eigenvalue weighted by Gasteiger charge is -2.29. The number of hydrogen-bond acceptors (Lipinski definition) is 5. The lowest BCUT2D eigenvalue weighted by Crippen LogP contribution is -2.31. The summed E-state index contributed by atoms with van der Waals surface area (Å²) < 4.78 is 31.1. The number of halogens is 1. The molecular weight excluding hydrogens is 361 g/mol. The number of hydrogen-bond donors (Lipinski definition) is 0. The van der Waals surface area contributed by atoms with Gasteiger partial charge in [0, 0.05) is 12.1 Å². The van der Waals surface area contributed by atoms with E-state index >= 15 is 0 Å². The Kier molecular flexibility index (Phi) is 3.98. The summed E-state index contributed by atoms with van der Waals surface area (Å²) in [7, 11) is 0. The number of allylic oxidation sites excluding steroid dienone is 1. The van der Waals surface area contributed by atoms with E-state index in [1.807, 2.05) is 17.0 Å². The van der Waals surface area contributed by atoms with Gasteiger partial charge in [-0.05, 0) is 36.4 Å². The summed E-state index contributed by atoms with van der Waals surface area (Å²) in [4.78, 5) is 14.8. The van der Waals surface area contributed by atoms with Crippen LogP contribution in [0.15, 0.2) is 65.0 Å². The van der Waals surface area contributed by atoms with Crippen molar-refractivity contribution >= 4 is 11.9 Å². The summed E-state index contributed by atoms with van der Waals surface area (Å²) in [6.07, 6.45) is 3.07. The first-order chi connectivity index (χ1) is 13.7. The van der Waals surface area contributed by atoms with Gasteiger partial charge in [-0.25, -0.2) is 4.39 Å². The number of rotatable bonds is 3. The number of ketones is 1. The lowest BCUT2D eigenvalue weighted by molar-refractivity contribution is 0.0810. The zero-order valence-electron chi connectivity index (χ0n) is 14.9. The molecule has 2 aliphatic heterocycles. The molecule has 0 saturated heterocycles. The molecule has 0 aliphatic carbocycles. The molecule has 0 radical (unpaired) electrons. The number of carbonyl (C=O) groups excluding carboxylic acids is 1. The van der Waals surface area contributed by atoms with Crippen molar-refractivity contribution in [3.63, 3.8) is 0 Å². The SMILES string of the molecule is O=C1C(=Cc2ccccc2F)Oc2c1ccc1c2CN(Cc2ccco2)CO1. The number of nitrogens with zero attached hydrogens (tertiary/aromatic N) is 1. The van der Waals surface area contributed by atoms with Crippen molar-refractivity contribution in [3.05, 3.63) is 88.8 Å². The Morgan fingerprint density at radius 1 is 1.11 bits per heavy atom. The number of ether oxygens (including phenoxy) is 2. The van der Waals surface area contributed by atoms with Crippen molar-refractivity contribution in [1.82, 2.24) is 4.90 Å². The lowest BCUT2D eigenvalue weighted by atomic mass is 10.0. The van der Waals surface area contributed by atoms with E-state index in [1.54, 1.807) is 36.6 Å². The van der Waals surface area contributed by atoms with Gasteiger partial charge >= 0.3 is 0 Å². The third-order valence-corrected chi connectivity index (χ3v) is 4.83. The highest BCUT2D eigenvalue weighted by atomic mass is 19.1. The predicted molar refractivity (Wildman–Crippen MR) is 99.2 cm³/mol. The van der Waals surface area contributed by atoms with Crippen LogP contribution in [0, 0.1) is 5.82 Å². The van der Waals surface area contributed by atoms with Crippen molar-refractivity contribution in [1.29, 1.82) is 0 Å². The molecule has 3 heterocycles. The summed E-state index contributed by atoms with van der Waals surface area (Å²) in [5, 5.41) is 0. The smallest absolute Gasteiger partial charge is 0.231 e. The predicted octanol–water partition coefficient (Wildman–Crippen LogP) is 4.39. The fraction of sp³-hybridized carbons (Fsp3) is 0.136. The Morgan fingerprint density at radius 3 is 2.82 bits per heavy atom. The number of benzene rings is 2. The van der Waals surface area contributed by atoms with Gasteiger partial charge in [0.1, 0.15) is 29.8 Å². The van der Waals surface area contributed by atoms with Crippen molar-refractivity contribution < 1.29 is 23.1 Å². The minimum absolute atomic E-state index is 0.108. The highest BCUT2D eigenvalue weighted by Gasteiger charge is 2.33. The highest BCUT2D eigenvalue weighted by molar-refractivity contribution is 6.15. The second kappa shape index (κ2) is 6.65. The van der Waals surface area contributed by atoms with Crippen LogP contribution in [-0.2, 0) is 13.1 Å². The molecule has 6 heteroatoms. The van der Waals surface area contributed by atoms with E-state index in [9.17, 15) is 9.18 Å². The number of Topliss-reactive ketones (excluding diaryl/α,β-unsaturated/α-hetero) is 1. The van der Waals surface area contributed by atoms with E-state index in [4.69, 9.17) is 13.9 Å². The maximum absolute atomic E-state index is 14.0. The largest absolute Gasteiger partial charge is 0.478 e. The van der Waals surface area contributed by atoms with Crippen molar-refractivity contribution in [3.8, 4) is 11.5 Å². The van der Waals surface area contributed by atoms with Crippen LogP contribution in [0.1, 0.15) is 27.2 Å². The fourth-order valence-electron chi connectivity index (χ4n) is 3.46. The zero-order chi connectivity index (χ0) is 19.1. The Hall–Kier alpha value is -3.38. The van der Waals surface area contributed by atoms with Gasteiger partial charge in [-0.15, -0.1) is 0 Å². The van der Waals surface area contributed by atoms with Gasteiger partial charge in [-0.3, -0.25) is 9.69 Å². The minimum atomic E-state index is -0.405. The molecule has 5 nitrogen and oxygen atoms in total. The van der Waals surface area contributed by atoms with Crippen molar-refractivity contribution in [2.45, 2.75) is 13.1 Å². The van der Waals surface area contributed by atoms with E-state index in [2.05, 4.69) is 0 Å². The molecule has 0 unspecified atom stereocenters. The third-order valence-electron chi connectivity index (χ3n) is 4.83. The van der Waals surface area contributed by atoms with Crippen LogP contribution in [0.5, 0.6) is 11.5 Å². The van der Waals surface area contributed by atoms with Crippen molar-refractivity contribution in [2.24, 2.45) is 0 Å². The molecule has 140 valence electrons. The van der Waals surface area contributed by atoms with Gasteiger partial charge in [-0.2, -0.15) is 0 Å². The quantitative estimate of drug-likeness (QED) is 0.634. The first-order valence-corrected chi connectivity index (χ1v) is 8.91. The topological polar surface area (TPSA) is 51.9 Å². The molecule has 0 N–H and O–H groups in total. The summed E-state index contributed by atoms with van der Waals surface area (Å²) in [6, 6.07) is 13.5. The number of carbonyl (C=O) groups is 1. The monoisotopic (exact) mass is 377 g/mol. The average molecular weight is 377 g/mol. The Balaban J connectivity index is 1.46. The van der Waals surface area contributed by atoms with Crippen LogP contribution in [0.25, 0.3) is 6.08 Å². The zero-order valence-corrected chi connectivity index (χ0v) is 14.9. The number of furan rings is 1. The normalized spacial score (nSPS) is 17.2. The van der Waals surface area contributed by atoms with Crippen LogP contribution in [0.2, 0.25) is 0 Å². The van der Waals surface area contributed by atoms with E-state index in [1.165, 1.54) is 12.1 Å². The second-order valence-electron chi connectivity index (χ2n) is 6.72. The number of fused-ring (bicyclic) bond motifs is 3. The highest BCUT2D eigenvalue weighted by Crippen LogP contribution is 2.42. The molecule has 0 bridgehead atoms. The molecular formula is C22H16FNO4. The summed E-state index contributed by atoms with van der Waals surface area (Å²) in [5.74, 6) is 1.44. The fourth-order valence-corrected chi connectivity index (χ4v) is 3.46. The molecule has 1 aromatic heterocycles. The van der Waals surface area contributed by atoms with Crippen LogP contribution < -0.4 is 9.47 Å². The third kappa shape index (κ3) is 2.88. The first-order valence-electron chi connectivity index (χ1n) is 8.91. The van der Waals surface area contributed by atoms with Gasteiger partial charge < -0.3 is 13.9 Å². The van der Waals surface area contributed by atoms with Gasteiger partial charge in [0.15, 0.2) is 5.76 Å². The van der Waals surface area contributed by atoms with E-state index in [-0.39, 0.29) is 11.5 Å². The molecule has 28 heavy (non-hydrogen) atoms. The molecule has 0 fully saturated rings. The van der Waals surface area contributed by atoms with E-state index < -0.39 is 5.82 Å². The Labute approximate surface area is 160 Å². The molecule has 5 rings (SSSR count). The molecule has 0 amide bonds. The molecule has 2 aromatic carbocycles. The molecule has 0 atom stereocenters. The van der Waals surface area contributed by atoms with Crippen molar-refractivity contribution in [2.75, 3.05) is 6.73 Å². The van der Waals surface area contributed by atoms with Gasteiger partial charge in [-0.1, -0.05) is 18.2 Å². The van der Waals surface area contributed by atoms with Gasteiger partial charge in [0.25, 0.3) is 0 Å². The average Bonchev–Trinajstić information content (AvgIpc) is 3.32. The maximum atomic E-state index is 14.0. The Bertz CT molecular complexity index is 1090. The molecule has 3 aromatic rings. The molecule has 0 saturated carbocycles.